The van der Waals surface area contributed by atoms with Crippen LogP contribution in [0.15, 0.2) is 54.7 Å². The summed E-state index contributed by atoms with van der Waals surface area (Å²) in [6.07, 6.45) is 4.05. The molecule has 2 aromatic carbocycles. The van der Waals surface area contributed by atoms with Gasteiger partial charge in [0.05, 0.1) is 5.69 Å². The van der Waals surface area contributed by atoms with Gasteiger partial charge >= 0.3 is 0 Å². The fraction of sp³-hybridized carbons (Fsp3) is 0.320. The molecule has 1 aliphatic heterocycles. The summed E-state index contributed by atoms with van der Waals surface area (Å²) >= 11 is 6.41. The lowest BCUT2D eigenvalue weighted by molar-refractivity contribution is 0.100. The standard InChI is InChI=1S/C25H28ClN5O/c1-30(2)25-28-14-21(17-9-11-18(12-10-17)24(27)32)23(29-25)20-7-5-13-31(16-20)15-19-6-3-4-8-22(19)26/h3-4,6,8-12,14,20H,5,7,13,15-16H2,1-2H3,(H2,27,32). The van der Waals surface area contributed by atoms with Crippen LogP contribution in [0.25, 0.3) is 11.1 Å². The molecule has 0 aliphatic carbocycles. The van der Waals surface area contributed by atoms with E-state index in [1.54, 1.807) is 12.1 Å². The van der Waals surface area contributed by atoms with Crippen molar-refractivity contribution < 1.29 is 4.79 Å². The van der Waals surface area contributed by atoms with Gasteiger partial charge in [0.15, 0.2) is 0 Å². The van der Waals surface area contributed by atoms with Gasteiger partial charge in [0.2, 0.25) is 11.9 Å². The maximum absolute atomic E-state index is 11.5. The summed E-state index contributed by atoms with van der Waals surface area (Å²) < 4.78 is 0. The van der Waals surface area contributed by atoms with Gasteiger partial charge in [0, 0.05) is 55.4 Å². The minimum absolute atomic E-state index is 0.277. The van der Waals surface area contributed by atoms with Crippen molar-refractivity contribution in [1.29, 1.82) is 0 Å². The number of amides is 1. The number of benzene rings is 2. The number of hydrogen-bond donors (Lipinski definition) is 1. The summed E-state index contributed by atoms with van der Waals surface area (Å²) in [7, 11) is 3.90. The molecule has 1 aromatic heterocycles. The molecule has 2 N–H and O–H groups in total. The molecule has 1 atom stereocenters. The van der Waals surface area contributed by atoms with Crippen LogP contribution in [0.3, 0.4) is 0 Å². The molecule has 0 radical (unpaired) electrons. The van der Waals surface area contributed by atoms with Crippen molar-refractivity contribution >= 4 is 23.5 Å². The summed E-state index contributed by atoms with van der Waals surface area (Å²) in [6.45, 7) is 2.77. The third-order valence-corrected chi connectivity index (χ3v) is 6.30. The lowest BCUT2D eigenvalue weighted by Crippen LogP contribution is -2.34. The number of piperidine rings is 1. The Labute approximate surface area is 194 Å². The molecule has 3 aromatic rings. The zero-order valence-electron chi connectivity index (χ0n) is 18.5. The lowest BCUT2D eigenvalue weighted by Gasteiger charge is -2.33. The summed E-state index contributed by atoms with van der Waals surface area (Å²) in [5.41, 5.74) is 10.1. The first-order chi connectivity index (χ1) is 15.4. The van der Waals surface area contributed by atoms with Gasteiger partial charge in [-0.05, 0) is 48.7 Å². The number of rotatable bonds is 6. The number of nitrogens with two attached hydrogens (primary N) is 1. The molecule has 32 heavy (non-hydrogen) atoms. The molecule has 2 heterocycles. The number of aromatic nitrogens is 2. The van der Waals surface area contributed by atoms with E-state index >= 15 is 0 Å². The second-order valence-corrected chi connectivity index (χ2v) is 8.88. The van der Waals surface area contributed by atoms with Crippen LogP contribution < -0.4 is 10.6 Å². The monoisotopic (exact) mass is 449 g/mol. The highest BCUT2D eigenvalue weighted by Crippen LogP contribution is 2.34. The van der Waals surface area contributed by atoms with Gasteiger partial charge in [0.1, 0.15) is 0 Å². The number of carbonyl (C=O) groups excluding carboxylic acids is 1. The van der Waals surface area contributed by atoms with E-state index in [0.29, 0.717) is 11.5 Å². The predicted octanol–water partition coefficient (Wildman–Crippen LogP) is 4.34. The first kappa shape index (κ1) is 22.2. The van der Waals surface area contributed by atoms with Gasteiger partial charge in [-0.25, -0.2) is 9.97 Å². The maximum Gasteiger partial charge on any atom is 0.248 e. The van der Waals surface area contributed by atoms with Crippen molar-refractivity contribution in [3.05, 3.63) is 76.6 Å². The molecule has 1 fully saturated rings. The maximum atomic E-state index is 11.5. The zero-order chi connectivity index (χ0) is 22.7. The molecule has 6 nitrogen and oxygen atoms in total. The van der Waals surface area contributed by atoms with Crippen LogP contribution in [-0.2, 0) is 6.54 Å². The highest BCUT2D eigenvalue weighted by molar-refractivity contribution is 6.31. The fourth-order valence-electron chi connectivity index (χ4n) is 4.24. The van der Waals surface area contributed by atoms with Crippen molar-refractivity contribution in [3.63, 3.8) is 0 Å². The van der Waals surface area contributed by atoms with Crippen LogP contribution in [0.2, 0.25) is 5.02 Å². The van der Waals surface area contributed by atoms with Gasteiger partial charge in [0.25, 0.3) is 0 Å². The Hall–Kier alpha value is -2.96. The smallest absolute Gasteiger partial charge is 0.248 e. The van der Waals surface area contributed by atoms with Crippen molar-refractivity contribution in [1.82, 2.24) is 14.9 Å². The van der Waals surface area contributed by atoms with Crippen LogP contribution in [0.4, 0.5) is 5.95 Å². The van der Waals surface area contributed by atoms with Gasteiger partial charge < -0.3 is 10.6 Å². The predicted molar refractivity (Wildman–Crippen MR) is 129 cm³/mol. The first-order valence-electron chi connectivity index (χ1n) is 10.8. The minimum Gasteiger partial charge on any atom is -0.366 e. The quantitative estimate of drug-likeness (QED) is 0.605. The van der Waals surface area contributed by atoms with E-state index < -0.39 is 5.91 Å². The molecule has 1 saturated heterocycles. The third-order valence-electron chi connectivity index (χ3n) is 5.93. The van der Waals surface area contributed by atoms with Crippen LogP contribution in [0.5, 0.6) is 0 Å². The Balaban J connectivity index is 1.65. The SMILES string of the molecule is CN(C)c1ncc(-c2ccc(C(N)=O)cc2)c(C2CCCN(Cc3ccccc3Cl)C2)n1. The Morgan fingerprint density at radius 1 is 1.19 bits per heavy atom. The lowest BCUT2D eigenvalue weighted by atomic mass is 9.89. The van der Waals surface area contributed by atoms with E-state index in [2.05, 4.69) is 16.0 Å². The number of nitrogens with zero attached hydrogens (tertiary/aromatic N) is 4. The molecule has 0 saturated carbocycles. The Bertz CT molecular complexity index is 1100. The highest BCUT2D eigenvalue weighted by atomic mass is 35.5. The second-order valence-electron chi connectivity index (χ2n) is 8.47. The molecule has 166 valence electrons. The van der Waals surface area contributed by atoms with Crippen LogP contribution in [0.1, 0.15) is 40.4 Å². The largest absolute Gasteiger partial charge is 0.366 e. The van der Waals surface area contributed by atoms with Crippen molar-refractivity contribution in [3.8, 4) is 11.1 Å². The van der Waals surface area contributed by atoms with Crippen molar-refractivity contribution in [2.75, 3.05) is 32.1 Å². The van der Waals surface area contributed by atoms with Crippen LogP contribution in [-0.4, -0.2) is 48.0 Å². The number of halogens is 1. The van der Waals surface area contributed by atoms with E-state index in [4.69, 9.17) is 22.3 Å². The highest BCUT2D eigenvalue weighted by Gasteiger charge is 2.26. The molecular weight excluding hydrogens is 422 g/mol. The molecule has 0 spiro atoms. The van der Waals surface area contributed by atoms with E-state index in [1.807, 2.05) is 55.5 Å². The van der Waals surface area contributed by atoms with Crippen LogP contribution >= 0.6 is 11.6 Å². The minimum atomic E-state index is -0.432. The molecule has 1 aliphatic rings. The van der Waals surface area contributed by atoms with E-state index in [0.717, 1.165) is 59.9 Å². The summed E-state index contributed by atoms with van der Waals surface area (Å²) in [4.78, 5) is 25.4. The number of primary amides is 1. The summed E-state index contributed by atoms with van der Waals surface area (Å²) in [5.74, 6) is 0.540. The van der Waals surface area contributed by atoms with E-state index in [1.165, 1.54) is 0 Å². The number of carbonyl (C=O) groups is 1. The molecular formula is C25H28ClN5O. The van der Waals surface area contributed by atoms with E-state index in [9.17, 15) is 4.79 Å². The Morgan fingerprint density at radius 2 is 1.94 bits per heavy atom. The summed E-state index contributed by atoms with van der Waals surface area (Å²) in [5, 5.41) is 0.807. The number of hydrogen-bond acceptors (Lipinski definition) is 5. The van der Waals surface area contributed by atoms with Gasteiger partial charge in [-0.15, -0.1) is 0 Å². The molecule has 4 rings (SSSR count). The topological polar surface area (TPSA) is 75.4 Å². The van der Waals surface area contributed by atoms with Gasteiger partial charge in [-0.1, -0.05) is 41.9 Å². The number of likely N-dealkylation sites (tertiary alicyclic amines) is 1. The normalized spacial score (nSPS) is 16.7. The second kappa shape index (κ2) is 9.67. The van der Waals surface area contributed by atoms with Gasteiger partial charge in [-0.2, -0.15) is 0 Å². The van der Waals surface area contributed by atoms with Crippen molar-refractivity contribution in [2.24, 2.45) is 5.73 Å². The average molecular weight is 450 g/mol. The first-order valence-corrected chi connectivity index (χ1v) is 11.2. The Kier molecular flexibility index (Phi) is 6.72. The molecule has 0 bridgehead atoms. The van der Waals surface area contributed by atoms with E-state index in [-0.39, 0.29) is 5.92 Å². The molecule has 1 unspecified atom stereocenters. The Morgan fingerprint density at radius 3 is 2.62 bits per heavy atom. The number of anilines is 1. The third kappa shape index (κ3) is 4.92. The van der Waals surface area contributed by atoms with Crippen molar-refractivity contribution in [2.45, 2.75) is 25.3 Å². The van der Waals surface area contributed by atoms with Gasteiger partial charge in [-0.3, -0.25) is 9.69 Å². The molecule has 1 amide bonds. The summed E-state index contributed by atoms with van der Waals surface area (Å²) in [6, 6.07) is 15.4. The molecule has 7 heteroatoms. The van der Waals surface area contributed by atoms with Crippen LogP contribution in [0, 0.1) is 0 Å². The average Bonchev–Trinajstić information content (AvgIpc) is 2.80. The zero-order valence-corrected chi connectivity index (χ0v) is 19.2. The fourth-order valence-corrected chi connectivity index (χ4v) is 4.43.